The van der Waals surface area contributed by atoms with Gasteiger partial charge in [-0.05, 0) is 48.5 Å². The molecule has 0 saturated carbocycles. The molecule has 0 aliphatic heterocycles. The summed E-state index contributed by atoms with van der Waals surface area (Å²) >= 11 is 0. The van der Waals surface area contributed by atoms with Crippen LogP contribution in [-0.4, -0.2) is 14.6 Å². The fourth-order valence-corrected chi connectivity index (χ4v) is 2.43. The second kappa shape index (κ2) is 5.53. The molecule has 0 unspecified atom stereocenters. The number of para-hydroxylation sites is 1. The summed E-state index contributed by atoms with van der Waals surface area (Å²) < 4.78 is 14.8. The quantitative estimate of drug-likeness (QED) is 0.614. The first-order valence-electron chi connectivity index (χ1n) is 7.22. The minimum absolute atomic E-state index is 0.262. The van der Waals surface area contributed by atoms with E-state index in [0.717, 1.165) is 22.6 Å². The molecule has 0 atom stereocenters. The monoisotopic (exact) mass is 304 g/mol. The van der Waals surface area contributed by atoms with E-state index in [4.69, 9.17) is 0 Å². The highest BCUT2D eigenvalue weighted by Crippen LogP contribution is 2.22. The van der Waals surface area contributed by atoms with Gasteiger partial charge in [-0.25, -0.2) is 13.9 Å². The number of hydrogen-bond donors (Lipinski definition) is 1. The molecule has 0 fully saturated rings. The van der Waals surface area contributed by atoms with Crippen LogP contribution in [0.1, 0.15) is 0 Å². The van der Waals surface area contributed by atoms with Crippen LogP contribution in [0.4, 0.5) is 15.9 Å². The van der Waals surface area contributed by atoms with Crippen LogP contribution in [0.2, 0.25) is 0 Å². The number of halogens is 1. The molecule has 0 aliphatic rings. The molecule has 23 heavy (non-hydrogen) atoms. The molecule has 0 amide bonds. The number of imidazole rings is 1. The number of rotatable bonds is 3. The van der Waals surface area contributed by atoms with Crippen molar-refractivity contribution in [2.24, 2.45) is 0 Å². The Kier molecular flexibility index (Phi) is 3.24. The van der Waals surface area contributed by atoms with Gasteiger partial charge in [0.15, 0.2) is 11.5 Å². The fraction of sp³-hybridized carbons (Fsp3) is 0. The molecule has 112 valence electrons. The maximum absolute atomic E-state index is 13.1. The second-order valence-corrected chi connectivity index (χ2v) is 5.13. The predicted octanol–water partition coefficient (Wildman–Crippen LogP) is 4.28. The Bertz CT molecular complexity index is 946. The number of anilines is 2. The van der Waals surface area contributed by atoms with Crippen molar-refractivity contribution in [3.63, 3.8) is 0 Å². The summed E-state index contributed by atoms with van der Waals surface area (Å²) in [6, 6.07) is 19.9. The average molecular weight is 304 g/mol. The molecule has 4 rings (SSSR count). The van der Waals surface area contributed by atoms with Crippen molar-refractivity contribution >= 4 is 17.2 Å². The summed E-state index contributed by atoms with van der Waals surface area (Å²) in [5, 5.41) is 7.83. The lowest BCUT2D eigenvalue weighted by Crippen LogP contribution is -2.00. The zero-order valence-corrected chi connectivity index (χ0v) is 12.1. The Balaban J connectivity index is 1.75. The van der Waals surface area contributed by atoms with Gasteiger partial charge in [0.1, 0.15) is 5.82 Å². The van der Waals surface area contributed by atoms with Crippen molar-refractivity contribution < 1.29 is 4.39 Å². The maximum Gasteiger partial charge on any atom is 0.154 e. The summed E-state index contributed by atoms with van der Waals surface area (Å²) in [7, 11) is 0. The lowest BCUT2D eigenvalue weighted by molar-refractivity contribution is 0.628. The molecular weight excluding hydrogens is 291 g/mol. The number of hydrogen-bond acceptors (Lipinski definition) is 3. The molecule has 5 heteroatoms. The van der Waals surface area contributed by atoms with Crippen LogP contribution in [0, 0.1) is 5.82 Å². The Hall–Kier alpha value is -3.21. The maximum atomic E-state index is 13.1. The lowest BCUT2D eigenvalue weighted by Gasteiger charge is -2.07. The van der Waals surface area contributed by atoms with Gasteiger partial charge in [0.25, 0.3) is 0 Å². The van der Waals surface area contributed by atoms with Crippen LogP contribution in [0.15, 0.2) is 72.9 Å². The number of fused-ring (bicyclic) bond motifs is 1. The van der Waals surface area contributed by atoms with E-state index in [1.165, 1.54) is 12.1 Å². The lowest BCUT2D eigenvalue weighted by atomic mass is 10.2. The Morgan fingerprint density at radius 3 is 2.43 bits per heavy atom. The molecule has 2 aromatic carbocycles. The summed E-state index contributed by atoms with van der Waals surface area (Å²) in [5.74, 6) is 0.451. The number of nitrogens with zero attached hydrogens (tertiary/aromatic N) is 3. The highest BCUT2D eigenvalue weighted by Gasteiger charge is 2.08. The van der Waals surface area contributed by atoms with Crippen LogP contribution in [-0.2, 0) is 0 Å². The molecule has 4 aromatic rings. The van der Waals surface area contributed by atoms with Gasteiger partial charge in [-0.3, -0.25) is 0 Å². The molecule has 0 radical (unpaired) electrons. The molecule has 0 spiro atoms. The SMILES string of the molecule is Fc1ccc(-c2cnc3ccc(Nc4ccccc4)nn23)cc1. The predicted molar refractivity (Wildman–Crippen MR) is 88.1 cm³/mol. The Morgan fingerprint density at radius 1 is 0.870 bits per heavy atom. The van der Waals surface area contributed by atoms with Crippen molar-refractivity contribution in [2.45, 2.75) is 0 Å². The smallest absolute Gasteiger partial charge is 0.154 e. The highest BCUT2D eigenvalue weighted by atomic mass is 19.1. The molecular formula is C18H13FN4. The van der Waals surface area contributed by atoms with Crippen LogP contribution in [0.3, 0.4) is 0 Å². The van der Waals surface area contributed by atoms with E-state index < -0.39 is 0 Å². The van der Waals surface area contributed by atoms with Gasteiger partial charge in [-0.1, -0.05) is 18.2 Å². The first-order valence-corrected chi connectivity index (χ1v) is 7.22. The van der Waals surface area contributed by atoms with E-state index in [1.54, 1.807) is 22.8 Å². The molecule has 0 bridgehead atoms. The highest BCUT2D eigenvalue weighted by molar-refractivity contribution is 5.64. The zero-order valence-electron chi connectivity index (χ0n) is 12.1. The average Bonchev–Trinajstić information content (AvgIpc) is 3.00. The summed E-state index contributed by atoms with van der Waals surface area (Å²) in [6.07, 6.45) is 1.74. The fourth-order valence-electron chi connectivity index (χ4n) is 2.43. The molecule has 2 heterocycles. The van der Waals surface area contributed by atoms with E-state index in [2.05, 4.69) is 15.4 Å². The van der Waals surface area contributed by atoms with Crippen LogP contribution in [0.25, 0.3) is 16.9 Å². The van der Waals surface area contributed by atoms with Gasteiger partial charge < -0.3 is 5.32 Å². The minimum Gasteiger partial charge on any atom is -0.339 e. The molecule has 4 nitrogen and oxygen atoms in total. The van der Waals surface area contributed by atoms with Crippen LogP contribution >= 0.6 is 0 Å². The third-order valence-corrected chi connectivity index (χ3v) is 3.55. The first-order chi connectivity index (χ1) is 11.3. The minimum atomic E-state index is -0.262. The van der Waals surface area contributed by atoms with Crippen molar-refractivity contribution in [1.82, 2.24) is 14.6 Å². The summed E-state index contributed by atoms with van der Waals surface area (Å²) in [6.45, 7) is 0. The van der Waals surface area contributed by atoms with Crippen LogP contribution < -0.4 is 5.32 Å². The second-order valence-electron chi connectivity index (χ2n) is 5.13. The van der Waals surface area contributed by atoms with Crippen molar-refractivity contribution in [3.8, 4) is 11.3 Å². The van der Waals surface area contributed by atoms with E-state index >= 15 is 0 Å². The van der Waals surface area contributed by atoms with Gasteiger partial charge in [-0.2, -0.15) is 0 Å². The normalized spacial score (nSPS) is 10.8. The van der Waals surface area contributed by atoms with Gasteiger partial charge in [0.05, 0.1) is 11.9 Å². The van der Waals surface area contributed by atoms with Gasteiger partial charge in [0.2, 0.25) is 0 Å². The molecule has 0 aliphatic carbocycles. The molecule has 1 N–H and O–H groups in total. The Morgan fingerprint density at radius 2 is 1.65 bits per heavy atom. The van der Waals surface area contributed by atoms with E-state index in [-0.39, 0.29) is 5.82 Å². The number of benzene rings is 2. The van der Waals surface area contributed by atoms with Gasteiger partial charge >= 0.3 is 0 Å². The largest absolute Gasteiger partial charge is 0.339 e. The third-order valence-electron chi connectivity index (χ3n) is 3.55. The number of nitrogens with one attached hydrogen (secondary N) is 1. The van der Waals surface area contributed by atoms with E-state index in [9.17, 15) is 4.39 Å². The molecule has 0 saturated heterocycles. The summed E-state index contributed by atoms with van der Waals surface area (Å²) in [5.41, 5.74) is 3.38. The molecule has 2 aromatic heterocycles. The van der Waals surface area contributed by atoms with Gasteiger partial charge in [-0.15, -0.1) is 5.10 Å². The van der Waals surface area contributed by atoms with Crippen molar-refractivity contribution in [1.29, 1.82) is 0 Å². The number of aromatic nitrogens is 3. The first kappa shape index (κ1) is 13.5. The topological polar surface area (TPSA) is 42.2 Å². The van der Waals surface area contributed by atoms with Crippen molar-refractivity contribution in [2.75, 3.05) is 5.32 Å². The van der Waals surface area contributed by atoms with Gasteiger partial charge in [0, 0.05) is 11.3 Å². The van der Waals surface area contributed by atoms with Crippen LogP contribution in [0.5, 0.6) is 0 Å². The third kappa shape index (κ3) is 2.64. The standard InChI is InChI=1S/C18H13FN4/c19-14-8-6-13(7-9-14)16-12-20-18-11-10-17(22-23(16)18)21-15-4-2-1-3-5-15/h1-12H,(H,21,22). The van der Waals surface area contributed by atoms with Crippen molar-refractivity contribution in [3.05, 3.63) is 78.7 Å². The Labute approximate surface area is 132 Å². The van der Waals surface area contributed by atoms with E-state index in [1.807, 2.05) is 42.5 Å². The summed E-state index contributed by atoms with van der Waals surface area (Å²) in [4.78, 5) is 4.34. The van der Waals surface area contributed by atoms with E-state index in [0.29, 0.717) is 5.82 Å². The zero-order chi connectivity index (χ0) is 15.6.